The van der Waals surface area contributed by atoms with Gasteiger partial charge in [0.25, 0.3) is 0 Å². The molecule has 1 aliphatic carbocycles. The maximum Gasteiger partial charge on any atom is 0.423 e. The first-order chi connectivity index (χ1) is 11.1. The lowest BCUT2D eigenvalue weighted by Gasteiger charge is -2.48. The molecule has 134 valence electrons. The van der Waals surface area contributed by atoms with Crippen LogP contribution >= 0.6 is 11.6 Å². The van der Waals surface area contributed by atoms with E-state index in [1.165, 1.54) is 13.2 Å². The maximum atomic E-state index is 15.2. The zero-order chi connectivity index (χ0) is 18.2. The molecule has 1 aromatic rings. The Morgan fingerprint density at radius 3 is 2.25 bits per heavy atom. The van der Waals surface area contributed by atoms with Crippen molar-refractivity contribution >= 4 is 17.2 Å². The summed E-state index contributed by atoms with van der Waals surface area (Å²) in [6, 6.07) is 8.88. The number of hydrogen-bond donors (Lipinski definition) is 0. The minimum atomic E-state index is -5.00. The summed E-state index contributed by atoms with van der Waals surface area (Å²) in [5.74, 6) is -2.10. The second kappa shape index (κ2) is 6.68. The molecule has 0 N–H and O–H groups in total. The summed E-state index contributed by atoms with van der Waals surface area (Å²) < 4.78 is 61.4. The number of ether oxygens (including phenoxy) is 1. The van der Waals surface area contributed by atoms with Gasteiger partial charge in [-0.25, -0.2) is 4.39 Å². The number of halogens is 5. The molecular weight excluding hydrogens is 344 g/mol. The zero-order valence-electron chi connectivity index (χ0n) is 13.8. The normalized spacial score (nSPS) is 31.2. The summed E-state index contributed by atoms with van der Waals surface area (Å²) in [5, 5.41) is 0. The van der Waals surface area contributed by atoms with Gasteiger partial charge < -0.3 is 4.74 Å². The van der Waals surface area contributed by atoms with Crippen molar-refractivity contribution in [3.8, 4) is 0 Å². The molecule has 0 amide bonds. The third kappa shape index (κ3) is 3.08. The van der Waals surface area contributed by atoms with Crippen LogP contribution in [0.5, 0.6) is 0 Å². The Hall–Kier alpha value is -1.07. The van der Waals surface area contributed by atoms with E-state index in [4.69, 9.17) is 16.3 Å². The lowest BCUT2D eigenvalue weighted by Crippen LogP contribution is -2.58. The average molecular weight is 365 g/mol. The van der Waals surface area contributed by atoms with Crippen molar-refractivity contribution < 1.29 is 22.3 Å². The minimum Gasteiger partial charge on any atom is -0.372 e. The van der Waals surface area contributed by atoms with Gasteiger partial charge in [0.1, 0.15) is 5.60 Å². The molecule has 0 spiro atoms. The van der Waals surface area contributed by atoms with E-state index in [1.807, 2.05) is 0 Å². The summed E-state index contributed by atoms with van der Waals surface area (Å²) in [4.78, 5) is 0. The zero-order valence-corrected chi connectivity index (χ0v) is 14.6. The average Bonchev–Trinajstić information content (AvgIpc) is 2.53. The second-order valence-electron chi connectivity index (χ2n) is 6.59. The first-order valence-corrected chi connectivity index (χ1v) is 8.29. The van der Waals surface area contributed by atoms with E-state index in [1.54, 1.807) is 44.2 Å². The summed E-state index contributed by atoms with van der Waals surface area (Å²) in [5.41, 5.74) is -3.71. The van der Waals surface area contributed by atoms with Crippen molar-refractivity contribution in [3.63, 3.8) is 0 Å². The highest BCUT2D eigenvalue weighted by Crippen LogP contribution is 2.55. The van der Waals surface area contributed by atoms with E-state index in [-0.39, 0.29) is 5.88 Å². The Morgan fingerprint density at radius 2 is 1.83 bits per heavy atom. The number of rotatable bonds is 4. The highest BCUT2D eigenvalue weighted by atomic mass is 35.5. The molecule has 6 heteroatoms. The largest absolute Gasteiger partial charge is 0.423 e. The lowest BCUT2D eigenvalue weighted by molar-refractivity contribution is -0.262. The van der Waals surface area contributed by atoms with Crippen LogP contribution in [0.3, 0.4) is 0 Å². The van der Waals surface area contributed by atoms with Crippen molar-refractivity contribution in [1.82, 2.24) is 0 Å². The van der Waals surface area contributed by atoms with Gasteiger partial charge in [-0.05, 0) is 17.1 Å². The predicted molar refractivity (Wildman–Crippen MR) is 87.7 cm³/mol. The van der Waals surface area contributed by atoms with Crippen LogP contribution in [0.15, 0.2) is 36.4 Å². The summed E-state index contributed by atoms with van der Waals surface area (Å²) >= 11 is 5.99. The Balaban J connectivity index is 2.70. The Labute approximate surface area is 144 Å². The molecule has 24 heavy (non-hydrogen) atoms. The van der Waals surface area contributed by atoms with Crippen LogP contribution in [0.4, 0.5) is 17.6 Å². The van der Waals surface area contributed by atoms with Gasteiger partial charge >= 0.3 is 6.18 Å². The van der Waals surface area contributed by atoms with Crippen molar-refractivity contribution in [3.05, 3.63) is 42.0 Å². The number of benzene rings is 1. The van der Waals surface area contributed by atoms with Crippen molar-refractivity contribution in [1.29, 1.82) is 0 Å². The van der Waals surface area contributed by atoms with Gasteiger partial charge in [-0.3, -0.25) is 0 Å². The van der Waals surface area contributed by atoms with E-state index in [2.05, 4.69) is 0 Å². The van der Waals surface area contributed by atoms with E-state index in [0.717, 1.165) is 0 Å². The fourth-order valence-corrected chi connectivity index (χ4v) is 3.78. The molecule has 2 rings (SSSR count). The van der Waals surface area contributed by atoms with Gasteiger partial charge in [-0.1, -0.05) is 50.3 Å². The third-order valence-corrected chi connectivity index (χ3v) is 5.22. The Bertz CT molecular complexity index is 593. The smallest absolute Gasteiger partial charge is 0.372 e. The number of alkyl halides is 5. The highest BCUT2D eigenvalue weighted by Gasteiger charge is 2.66. The van der Waals surface area contributed by atoms with Gasteiger partial charge in [-0.15, -0.1) is 11.6 Å². The Kier molecular flexibility index (Phi) is 5.36. The molecule has 1 nitrogen and oxygen atoms in total. The van der Waals surface area contributed by atoms with Crippen LogP contribution in [0.1, 0.15) is 25.8 Å². The van der Waals surface area contributed by atoms with Crippen LogP contribution < -0.4 is 0 Å². The van der Waals surface area contributed by atoms with Crippen molar-refractivity contribution in [2.24, 2.45) is 11.8 Å². The molecule has 0 saturated carbocycles. The van der Waals surface area contributed by atoms with E-state index in [9.17, 15) is 13.2 Å². The molecule has 0 fully saturated rings. The summed E-state index contributed by atoms with van der Waals surface area (Å²) in [6.07, 6.45) is -4.49. The van der Waals surface area contributed by atoms with Gasteiger partial charge in [0.05, 0.1) is 5.88 Å². The standard InChI is InChI=1S/C18H21ClF4O/c1-12(2)14-9-15(13-7-5-4-6-8-13)16(11-19,24-3)10-17(14,20)18(21,22)23/h4-9,12,14H,10-11H2,1-3H3. The molecule has 0 bridgehead atoms. The Morgan fingerprint density at radius 1 is 1.25 bits per heavy atom. The number of hydrogen-bond acceptors (Lipinski definition) is 1. The van der Waals surface area contributed by atoms with Gasteiger partial charge in [-0.2, -0.15) is 13.2 Å². The molecule has 0 heterocycles. The highest BCUT2D eigenvalue weighted by molar-refractivity contribution is 6.19. The molecule has 0 radical (unpaired) electrons. The first-order valence-electron chi connectivity index (χ1n) is 7.76. The lowest BCUT2D eigenvalue weighted by atomic mass is 9.65. The van der Waals surface area contributed by atoms with Gasteiger partial charge in [0, 0.05) is 19.4 Å². The second-order valence-corrected chi connectivity index (χ2v) is 6.85. The summed E-state index contributed by atoms with van der Waals surface area (Å²) in [6.45, 7) is 3.18. The van der Waals surface area contributed by atoms with Crippen LogP contribution in [0.25, 0.3) is 5.57 Å². The van der Waals surface area contributed by atoms with Crippen LogP contribution in [0.2, 0.25) is 0 Å². The quantitative estimate of drug-likeness (QED) is 0.496. The predicted octanol–water partition coefficient (Wildman–Crippen LogP) is 5.64. The van der Waals surface area contributed by atoms with Gasteiger partial charge in [0.15, 0.2) is 0 Å². The molecule has 0 saturated heterocycles. The van der Waals surface area contributed by atoms with Crippen LogP contribution in [0, 0.1) is 11.8 Å². The monoisotopic (exact) mass is 364 g/mol. The molecule has 0 aromatic heterocycles. The molecule has 1 aromatic carbocycles. The summed E-state index contributed by atoms with van der Waals surface area (Å²) in [7, 11) is 1.27. The van der Waals surface area contributed by atoms with Crippen molar-refractivity contribution in [2.45, 2.75) is 37.7 Å². The van der Waals surface area contributed by atoms with E-state index >= 15 is 4.39 Å². The maximum absolute atomic E-state index is 15.2. The van der Waals surface area contributed by atoms with Crippen molar-refractivity contribution in [2.75, 3.05) is 13.0 Å². The van der Waals surface area contributed by atoms with Crippen LogP contribution in [-0.4, -0.2) is 30.4 Å². The minimum absolute atomic E-state index is 0.267. The topological polar surface area (TPSA) is 9.23 Å². The fraction of sp³-hybridized carbons (Fsp3) is 0.556. The van der Waals surface area contributed by atoms with Crippen LogP contribution in [-0.2, 0) is 4.74 Å². The number of methoxy groups -OCH3 is 1. The number of allylic oxidation sites excluding steroid dienone is 1. The molecule has 3 unspecified atom stereocenters. The molecule has 1 aliphatic rings. The van der Waals surface area contributed by atoms with Gasteiger partial charge in [0.2, 0.25) is 5.67 Å². The molecule has 0 aliphatic heterocycles. The SMILES string of the molecule is COC1(CCl)CC(F)(C(F)(F)F)C(C(C)C)C=C1c1ccccc1. The first kappa shape index (κ1) is 19.3. The molecular formula is C18H21ClF4O. The van der Waals surface area contributed by atoms with E-state index < -0.39 is 35.7 Å². The molecule has 3 atom stereocenters. The van der Waals surface area contributed by atoms with E-state index in [0.29, 0.717) is 11.1 Å². The third-order valence-electron chi connectivity index (χ3n) is 4.79. The fourth-order valence-electron chi connectivity index (χ4n) is 3.44.